The molecular weight excluding hydrogens is 629 g/mol. The fourth-order valence-corrected chi connectivity index (χ4v) is 6.75. The number of carbonyl (C=O) groups excluding carboxylic acids is 2. The molecule has 0 fully saturated rings. The van der Waals surface area contributed by atoms with E-state index in [1.165, 1.54) is 35.6 Å². The molecule has 0 aliphatic carbocycles. The number of hydrogen-bond donors (Lipinski definition) is 5. The van der Waals surface area contributed by atoms with Crippen LogP contribution in [-0.4, -0.2) is 50.5 Å². The highest BCUT2D eigenvalue weighted by atomic mass is 32.2. The van der Waals surface area contributed by atoms with Crippen molar-refractivity contribution in [1.82, 2.24) is 15.0 Å². The lowest BCUT2D eigenvalue weighted by atomic mass is 10.0. The van der Waals surface area contributed by atoms with Crippen molar-refractivity contribution in [2.45, 2.75) is 56.6 Å². The molecule has 14 heteroatoms. The molecule has 0 saturated heterocycles. The molecule has 1 heterocycles. The summed E-state index contributed by atoms with van der Waals surface area (Å²) in [6.07, 6.45) is 0.261. The number of thiazole rings is 1. The number of carbonyl (C=O) groups is 2. The molecule has 4 aromatic rings. The number of fused-ring (bicyclic) bond motifs is 1. The number of methoxy groups -OCH3 is 1. The van der Waals surface area contributed by atoms with E-state index in [1.54, 1.807) is 52.1 Å². The number of sulfonamides is 1. The van der Waals surface area contributed by atoms with Gasteiger partial charge in [0.15, 0.2) is 0 Å². The Morgan fingerprint density at radius 1 is 1.07 bits per heavy atom. The van der Waals surface area contributed by atoms with Crippen molar-refractivity contribution in [3.8, 4) is 5.75 Å². The molecule has 0 aliphatic heterocycles. The van der Waals surface area contributed by atoms with Crippen LogP contribution >= 0.6 is 11.3 Å². The predicted molar refractivity (Wildman–Crippen MR) is 179 cm³/mol. The maximum absolute atomic E-state index is 13.6. The molecule has 244 valence electrons. The van der Waals surface area contributed by atoms with Crippen molar-refractivity contribution in [3.05, 3.63) is 82.9 Å². The van der Waals surface area contributed by atoms with Crippen LogP contribution in [-0.2, 0) is 26.0 Å². The first kappa shape index (κ1) is 34.3. The summed E-state index contributed by atoms with van der Waals surface area (Å²) in [6, 6.07) is 17.7. The van der Waals surface area contributed by atoms with Crippen molar-refractivity contribution in [2.24, 2.45) is 5.73 Å². The molecular formula is C32H38N6O6S2. The largest absolute Gasteiger partial charge is 0.497 e. The monoisotopic (exact) mass is 666 g/mol. The fourth-order valence-electron chi connectivity index (χ4n) is 4.43. The SMILES string of the molecule is COc1ccc2nc(C(Cc3cccc(C(=N)N)c3)NS(=O)(=O)c3ccc(NC(=O)CCCNC(=O)OC(C)(C)C)cc3)sc2c1. The Morgan fingerprint density at radius 3 is 2.48 bits per heavy atom. The molecule has 2 amide bonds. The second-order valence-electron chi connectivity index (χ2n) is 11.5. The summed E-state index contributed by atoms with van der Waals surface area (Å²) in [5.74, 6) is 0.300. The molecule has 12 nitrogen and oxygen atoms in total. The smallest absolute Gasteiger partial charge is 0.407 e. The fraction of sp³-hybridized carbons (Fsp3) is 0.312. The number of benzene rings is 3. The number of nitrogens with one attached hydrogen (secondary N) is 4. The molecule has 46 heavy (non-hydrogen) atoms. The third-order valence-electron chi connectivity index (χ3n) is 6.58. The number of amides is 2. The topological polar surface area (TPSA) is 186 Å². The number of ether oxygens (including phenoxy) is 2. The molecule has 6 N–H and O–H groups in total. The minimum Gasteiger partial charge on any atom is -0.497 e. The Balaban J connectivity index is 1.45. The molecule has 0 radical (unpaired) electrons. The molecule has 0 spiro atoms. The normalized spacial score (nSPS) is 12.3. The first-order chi connectivity index (χ1) is 21.7. The second-order valence-corrected chi connectivity index (χ2v) is 14.3. The third-order valence-corrected chi connectivity index (χ3v) is 9.20. The highest BCUT2D eigenvalue weighted by Crippen LogP contribution is 2.32. The number of nitrogen functional groups attached to an aromatic ring is 1. The van der Waals surface area contributed by atoms with Crippen molar-refractivity contribution in [2.75, 3.05) is 19.0 Å². The number of amidine groups is 1. The molecule has 0 saturated carbocycles. The summed E-state index contributed by atoms with van der Waals surface area (Å²) >= 11 is 1.36. The van der Waals surface area contributed by atoms with E-state index in [2.05, 4.69) is 15.4 Å². The maximum atomic E-state index is 13.6. The van der Waals surface area contributed by atoms with E-state index in [-0.39, 0.29) is 36.0 Å². The summed E-state index contributed by atoms with van der Waals surface area (Å²) in [7, 11) is -2.45. The number of rotatable bonds is 13. The van der Waals surface area contributed by atoms with Gasteiger partial charge in [0.05, 0.1) is 28.3 Å². The molecule has 4 rings (SSSR count). The Bertz CT molecular complexity index is 1820. The molecule has 3 aromatic carbocycles. The Hall–Kier alpha value is -4.53. The zero-order valence-electron chi connectivity index (χ0n) is 26.0. The number of nitrogens with zero attached hydrogens (tertiary/aromatic N) is 1. The number of hydrogen-bond acceptors (Lipinski definition) is 9. The lowest BCUT2D eigenvalue weighted by molar-refractivity contribution is -0.116. The summed E-state index contributed by atoms with van der Waals surface area (Å²) < 4.78 is 41.4. The van der Waals surface area contributed by atoms with Gasteiger partial charge in [-0.3, -0.25) is 10.2 Å². The molecule has 0 aliphatic rings. The van der Waals surface area contributed by atoms with Crippen LogP contribution in [0, 0.1) is 5.41 Å². The summed E-state index contributed by atoms with van der Waals surface area (Å²) in [5.41, 5.74) is 7.53. The Labute approximate surface area is 272 Å². The maximum Gasteiger partial charge on any atom is 0.407 e. The van der Waals surface area contributed by atoms with Gasteiger partial charge in [-0.1, -0.05) is 18.2 Å². The van der Waals surface area contributed by atoms with E-state index < -0.39 is 27.8 Å². The zero-order chi connectivity index (χ0) is 33.5. The number of alkyl carbamates (subject to hydrolysis) is 1. The van der Waals surface area contributed by atoms with E-state index in [0.29, 0.717) is 33.9 Å². The van der Waals surface area contributed by atoms with Crippen molar-refractivity contribution in [3.63, 3.8) is 0 Å². The van der Waals surface area contributed by atoms with E-state index in [0.717, 1.165) is 10.3 Å². The quantitative estimate of drug-likeness (QED) is 0.0741. The van der Waals surface area contributed by atoms with Gasteiger partial charge in [-0.25, -0.2) is 22.9 Å². The average molecular weight is 667 g/mol. The van der Waals surface area contributed by atoms with Crippen molar-refractivity contribution >= 4 is 55.1 Å². The van der Waals surface area contributed by atoms with Gasteiger partial charge in [-0.05, 0) is 87.7 Å². The van der Waals surface area contributed by atoms with Crippen molar-refractivity contribution < 1.29 is 27.5 Å². The highest BCUT2D eigenvalue weighted by Gasteiger charge is 2.25. The molecule has 1 aromatic heterocycles. The van der Waals surface area contributed by atoms with E-state index in [9.17, 15) is 18.0 Å². The Morgan fingerprint density at radius 2 is 1.80 bits per heavy atom. The number of nitrogens with two attached hydrogens (primary N) is 1. The highest BCUT2D eigenvalue weighted by molar-refractivity contribution is 7.89. The Kier molecular flexibility index (Phi) is 11.0. The van der Waals surface area contributed by atoms with Crippen LogP contribution in [0.1, 0.15) is 55.8 Å². The van der Waals surface area contributed by atoms with Gasteiger partial charge in [-0.15, -0.1) is 11.3 Å². The van der Waals surface area contributed by atoms with Crippen LogP contribution in [0.4, 0.5) is 10.5 Å². The molecule has 1 atom stereocenters. The van der Waals surface area contributed by atoms with E-state index in [4.69, 9.17) is 25.6 Å². The van der Waals surface area contributed by atoms with Gasteiger partial charge in [0.1, 0.15) is 22.2 Å². The van der Waals surface area contributed by atoms with Gasteiger partial charge in [0.25, 0.3) is 0 Å². The summed E-state index contributed by atoms with van der Waals surface area (Å²) in [5, 5.41) is 13.7. The summed E-state index contributed by atoms with van der Waals surface area (Å²) in [6.45, 7) is 5.57. The second kappa shape index (κ2) is 14.7. The van der Waals surface area contributed by atoms with Gasteiger partial charge >= 0.3 is 6.09 Å². The van der Waals surface area contributed by atoms with E-state index >= 15 is 0 Å². The van der Waals surface area contributed by atoms with Crippen LogP contribution in [0.15, 0.2) is 71.6 Å². The lowest BCUT2D eigenvalue weighted by Crippen LogP contribution is -2.33. The van der Waals surface area contributed by atoms with Crippen LogP contribution < -0.4 is 25.8 Å². The number of aromatic nitrogens is 1. The first-order valence-electron chi connectivity index (χ1n) is 14.5. The van der Waals surface area contributed by atoms with Crippen LogP contribution in [0.25, 0.3) is 10.2 Å². The van der Waals surface area contributed by atoms with Crippen LogP contribution in [0.2, 0.25) is 0 Å². The minimum absolute atomic E-state index is 0.0114. The van der Waals surface area contributed by atoms with Gasteiger partial charge in [0.2, 0.25) is 15.9 Å². The van der Waals surface area contributed by atoms with Gasteiger partial charge in [-0.2, -0.15) is 0 Å². The third kappa shape index (κ3) is 9.73. The van der Waals surface area contributed by atoms with Crippen LogP contribution in [0.5, 0.6) is 5.75 Å². The van der Waals surface area contributed by atoms with Gasteiger partial charge in [0, 0.05) is 24.2 Å². The zero-order valence-corrected chi connectivity index (χ0v) is 27.7. The lowest BCUT2D eigenvalue weighted by Gasteiger charge is -2.19. The molecule has 1 unspecified atom stereocenters. The van der Waals surface area contributed by atoms with Gasteiger partial charge < -0.3 is 25.8 Å². The van der Waals surface area contributed by atoms with Crippen molar-refractivity contribution in [1.29, 1.82) is 5.41 Å². The minimum atomic E-state index is -4.03. The number of anilines is 1. The van der Waals surface area contributed by atoms with E-state index in [1.807, 2.05) is 18.2 Å². The average Bonchev–Trinajstić information content (AvgIpc) is 3.42. The summed E-state index contributed by atoms with van der Waals surface area (Å²) in [4.78, 5) is 28.9. The molecule has 0 bridgehead atoms. The standard InChI is InChI=1S/C32H38N6O6S2/c1-32(2,3)44-31(40)35-16-6-9-28(39)36-22-10-13-24(14-11-22)46(41,42)38-26(18-20-7-5-8-21(17-20)29(33)34)30-37-25-15-12-23(43-4)19-27(25)45-30/h5,7-8,10-15,17,19,26,38H,6,9,16,18H2,1-4H3,(H3,33,34)(H,35,40)(H,36,39). The predicted octanol–water partition coefficient (Wildman–Crippen LogP) is 5.09. The van der Waals surface area contributed by atoms with Crippen LogP contribution in [0.3, 0.4) is 0 Å². The first-order valence-corrected chi connectivity index (χ1v) is 16.8.